The molecule has 1 aliphatic carbocycles. The molecule has 2 aliphatic heterocycles. The summed E-state index contributed by atoms with van der Waals surface area (Å²) in [6.07, 6.45) is 10.0. The predicted octanol–water partition coefficient (Wildman–Crippen LogP) is 7.88. The van der Waals surface area contributed by atoms with Crippen molar-refractivity contribution in [2.75, 3.05) is 6.54 Å². The van der Waals surface area contributed by atoms with Gasteiger partial charge in [-0.2, -0.15) is 0 Å². The molecule has 3 heterocycles. The number of carbonyl (C=O) groups excluding carboxylic acids is 2. The van der Waals surface area contributed by atoms with Gasteiger partial charge in [0.05, 0.1) is 10.5 Å². The number of rotatable bonds is 8. The molecule has 3 aliphatic rings. The first-order valence-corrected chi connectivity index (χ1v) is 15.7. The van der Waals surface area contributed by atoms with Crippen molar-refractivity contribution in [3.8, 4) is 0 Å². The Labute approximate surface area is 252 Å². The minimum absolute atomic E-state index is 0.0406. The maximum atomic E-state index is 13.2. The number of pyridine rings is 1. The van der Waals surface area contributed by atoms with E-state index in [0.717, 1.165) is 48.7 Å². The first-order chi connectivity index (χ1) is 20.5. The molecular formula is C36H36ClN3O2. The number of carbonyl (C=O) groups is 2. The van der Waals surface area contributed by atoms with E-state index in [1.165, 1.54) is 30.4 Å². The summed E-state index contributed by atoms with van der Waals surface area (Å²) in [5.74, 6) is 0.842. The predicted molar refractivity (Wildman–Crippen MR) is 167 cm³/mol. The first kappa shape index (κ1) is 27.3. The van der Waals surface area contributed by atoms with Gasteiger partial charge in [-0.1, -0.05) is 60.1 Å². The lowest BCUT2D eigenvalue weighted by atomic mass is 9.84. The van der Waals surface area contributed by atoms with Crippen LogP contribution in [0.15, 0.2) is 79.0 Å². The molecule has 1 saturated carbocycles. The zero-order chi connectivity index (χ0) is 28.6. The molecule has 0 unspecified atom stereocenters. The Bertz CT molecular complexity index is 1630. The van der Waals surface area contributed by atoms with Gasteiger partial charge in [0.1, 0.15) is 0 Å². The third-order valence-electron chi connectivity index (χ3n) is 9.79. The molecule has 2 atom stereocenters. The van der Waals surface area contributed by atoms with Crippen molar-refractivity contribution >= 4 is 34.2 Å². The number of fused-ring (bicyclic) bond motifs is 6. The highest BCUT2D eigenvalue weighted by molar-refractivity contribution is 6.35. The molecule has 214 valence electrons. The van der Waals surface area contributed by atoms with Gasteiger partial charge >= 0.3 is 0 Å². The number of hydrogen-bond acceptors (Lipinski definition) is 4. The average molecular weight is 578 g/mol. The number of Topliss-reactive ketones (excluding diaryl/α,β-unsaturated/α-hetero) is 1. The maximum Gasteiger partial charge on any atom is 0.252 e. The third kappa shape index (κ3) is 5.25. The van der Waals surface area contributed by atoms with Crippen molar-refractivity contribution in [3.63, 3.8) is 0 Å². The fourth-order valence-electron chi connectivity index (χ4n) is 7.59. The Balaban J connectivity index is 0.928. The SMILES string of the molecule is O=C(Cc1ccccc1)c1ccc2c(c1)[C@H]1CC[C@@H]2N1CCC1CCC(NC(=O)c2ccc(Cl)c3ncccc23)CC1. The highest BCUT2D eigenvalue weighted by Gasteiger charge is 2.43. The maximum absolute atomic E-state index is 13.2. The van der Waals surface area contributed by atoms with E-state index in [0.29, 0.717) is 40.5 Å². The molecule has 3 aromatic carbocycles. The summed E-state index contributed by atoms with van der Waals surface area (Å²) >= 11 is 6.30. The Morgan fingerprint density at radius 3 is 2.45 bits per heavy atom. The van der Waals surface area contributed by atoms with E-state index in [-0.39, 0.29) is 17.7 Å². The van der Waals surface area contributed by atoms with Gasteiger partial charge in [-0.25, -0.2) is 0 Å². The molecule has 6 heteroatoms. The van der Waals surface area contributed by atoms with Crippen molar-refractivity contribution in [2.24, 2.45) is 5.92 Å². The molecule has 1 saturated heterocycles. The minimum Gasteiger partial charge on any atom is -0.349 e. The molecule has 1 amide bonds. The second-order valence-electron chi connectivity index (χ2n) is 12.3. The summed E-state index contributed by atoms with van der Waals surface area (Å²) in [7, 11) is 0. The van der Waals surface area contributed by atoms with Gasteiger partial charge < -0.3 is 5.32 Å². The molecule has 1 N–H and O–H groups in total. The summed E-state index contributed by atoms with van der Waals surface area (Å²) in [4.78, 5) is 33.2. The van der Waals surface area contributed by atoms with Gasteiger partial charge in [0.25, 0.3) is 5.91 Å². The number of hydrogen-bond donors (Lipinski definition) is 1. The van der Waals surface area contributed by atoms with Crippen LogP contribution in [0.5, 0.6) is 0 Å². The molecule has 5 nitrogen and oxygen atoms in total. The summed E-state index contributed by atoms with van der Waals surface area (Å²) in [5.41, 5.74) is 6.02. The van der Waals surface area contributed by atoms with Crippen molar-refractivity contribution in [2.45, 2.75) is 69.5 Å². The van der Waals surface area contributed by atoms with Crippen molar-refractivity contribution in [3.05, 3.63) is 112 Å². The molecule has 2 bridgehead atoms. The second-order valence-corrected chi connectivity index (χ2v) is 12.7. The number of halogens is 1. The van der Waals surface area contributed by atoms with Crippen LogP contribution >= 0.6 is 11.6 Å². The Morgan fingerprint density at radius 2 is 1.64 bits per heavy atom. The van der Waals surface area contributed by atoms with E-state index in [1.807, 2.05) is 48.5 Å². The van der Waals surface area contributed by atoms with E-state index in [2.05, 4.69) is 27.3 Å². The molecule has 4 aromatic rings. The molecule has 7 rings (SSSR count). The number of aromatic nitrogens is 1. The minimum atomic E-state index is -0.0406. The fraction of sp³-hybridized carbons (Fsp3) is 0.361. The average Bonchev–Trinajstić information content (AvgIpc) is 3.57. The quantitative estimate of drug-likeness (QED) is 0.216. The van der Waals surface area contributed by atoms with Crippen LogP contribution in [0.3, 0.4) is 0 Å². The normalized spacial score (nSPS) is 23.2. The van der Waals surface area contributed by atoms with Crippen LogP contribution in [0.2, 0.25) is 5.02 Å². The Morgan fingerprint density at radius 1 is 0.857 bits per heavy atom. The number of ketones is 1. The Hall–Kier alpha value is -3.54. The smallest absolute Gasteiger partial charge is 0.252 e. The van der Waals surface area contributed by atoms with Crippen LogP contribution in [-0.2, 0) is 6.42 Å². The monoisotopic (exact) mass is 577 g/mol. The number of amides is 1. The lowest BCUT2D eigenvalue weighted by molar-refractivity contribution is 0.0919. The largest absolute Gasteiger partial charge is 0.349 e. The first-order valence-electron chi connectivity index (χ1n) is 15.4. The summed E-state index contributed by atoms with van der Waals surface area (Å²) < 4.78 is 0. The summed E-state index contributed by atoms with van der Waals surface area (Å²) in [5, 5.41) is 4.64. The van der Waals surface area contributed by atoms with Crippen LogP contribution in [0.25, 0.3) is 10.9 Å². The molecule has 0 radical (unpaired) electrons. The molecule has 2 fully saturated rings. The van der Waals surface area contributed by atoms with Crippen LogP contribution in [0, 0.1) is 5.92 Å². The zero-order valence-electron chi connectivity index (χ0n) is 23.8. The summed E-state index contributed by atoms with van der Waals surface area (Å²) in [6, 6.07) is 24.9. The van der Waals surface area contributed by atoms with Crippen LogP contribution in [-0.4, -0.2) is 34.2 Å². The van der Waals surface area contributed by atoms with E-state index in [1.54, 1.807) is 18.3 Å². The van der Waals surface area contributed by atoms with E-state index in [9.17, 15) is 9.59 Å². The van der Waals surface area contributed by atoms with Gasteiger partial charge in [0.15, 0.2) is 5.78 Å². The highest BCUT2D eigenvalue weighted by atomic mass is 35.5. The van der Waals surface area contributed by atoms with Gasteiger partial charge in [-0.3, -0.25) is 19.5 Å². The van der Waals surface area contributed by atoms with Crippen LogP contribution < -0.4 is 5.32 Å². The van der Waals surface area contributed by atoms with Crippen LogP contribution in [0.4, 0.5) is 0 Å². The molecular weight excluding hydrogens is 542 g/mol. The van der Waals surface area contributed by atoms with E-state index in [4.69, 9.17) is 11.6 Å². The van der Waals surface area contributed by atoms with Gasteiger partial charge in [-0.05, 0) is 98.4 Å². The van der Waals surface area contributed by atoms with Gasteiger partial charge in [0.2, 0.25) is 0 Å². The molecule has 0 spiro atoms. The van der Waals surface area contributed by atoms with E-state index >= 15 is 0 Å². The Kier molecular flexibility index (Phi) is 7.55. The lowest BCUT2D eigenvalue weighted by Gasteiger charge is -2.31. The van der Waals surface area contributed by atoms with Gasteiger partial charge in [0, 0.05) is 47.3 Å². The van der Waals surface area contributed by atoms with Crippen molar-refractivity contribution in [1.82, 2.24) is 15.2 Å². The summed E-state index contributed by atoms with van der Waals surface area (Å²) in [6.45, 7) is 1.10. The van der Waals surface area contributed by atoms with Gasteiger partial charge in [-0.15, -0.1) is 0 Å². The number of nitrogens with zero attached hydrogens (tertiary/aromatic N) is 2. The standard InChI is InChI=1S/C36H36ClN3O2/c37-31-15-14-29(28-7-4-19-38-35(28)31)36(42)39-26-11-8-23(9-12-26)18-20-40-32-16-17-33(40)30-22-25(10-13-27(30)32)34(41)21-24-5-2-1-3-6-24/h1-7,10,13-15,19,22-23,26,32-33H,8-9,11-12,16-18,20-21H2,(H,39,42)/t23?,26?,32-,33+/m0/s1. The highest BCUT2D eigenvalue weighted by Crippen LogP contribution is 2.53. The second kappa shape index (κ2) is 11.6. The third-order valence-corrected chi connectivity index (χ3v) is 10.1. The topological polar surface area (TPSA) is 62.3 Å². The van der Waals surface area contributed by atoms with E-state index < -0.39 is 0 Å². The molecule has 42 heavy (non-hydrogen) atoms. The molecule has 1 aromatic heterocycles. The van der Waals surface area contributed by atoms with Crippen molar-refractivity contribution < 1.29 is 9.59 Å². The van der Waals surface area contributed by atoms with Crippen molar-refractivity contribution in [1.29, 1.82) is 0 Å². The number of nitrogens with one attached hydrogen (secondary N) is 1. The van der Waals surface area contributed by atoms with Crippen LogP contribution in [0.1, 0.15) is 94.4 Å². The fourth-order valence-corrected chi connectivity index (χ4v) is 7.81. The lowest BCUT2D eigenvalue weighted by Crippen LogP contribution is -2.38. The zero-order valence-corrected chi connectivity index (χ0v) is 24.5. The number of benzene rings is 3.